The van der Waals surface area contributed by atoms with E-state index in [4.69, 9.17) is 4.74 Å². The first-order valence-corrected chi connectivity index (χ1v) is 7.16. The molecular formula is C13H17N3O3S. The second-order valence-electron chi connectivity index (χ2n) is 4.49. The first-order valence-electron chi connectivity index (χ1n) is 6.34. The van der Waals surface area contributed by atoms with Crippen LogP contribution in [0.15, 0.2) is 6.07 Å². The van der Waals surface area contributed by atoms with Crippen LogP contribution in [0.3, 0.4) is 0 Å². The maximum atomic E-state index is 12.1. The second-order valence-corrected chi connectivity index (χ2v) is 5.52. The van der Waals surface area contributed by atoms with E-state index in [1.807, 2.05) is 14.0 Å². The molecule has 1 N–H and O–H groups in total. The van der Waals surface area contributed by atoms with Crippen LogP contribution < -0.4 is 5.32 Å². The molecule has 108 valence electrons. The van der Waals surface area contributed by atoms with Gasteiger partial charge >= 0.3 is 5.97 Å². The number of aromatic nitrogens is 2. The molecule has 2 aromatic rings. The summed E-state index contributed by atoms with van der Waals surface area (Å²) in [6, 6.07) is 1.14. The number of fused-ring (bicyclic) bond motifs is 1. The molecule has 0 saturated heterocycles. The van der Waals surface area contributed by atoms with Gasteiger partial charge in [0.15, 0.2) is 0 Å². The molecule has 6 nitrogen and oxygen atoms in total. The molecule has 2 heterocycles. The van der Waals surface area contributed by atoms with Crippen molar-refractivity contribution in [2.75, 3.05) is 6.61 Å². The van der Waals surface area contributed by atoms with E-state index in [9.17, 15) is 9.59 Å². The van der Waals surface area contributed by atoms with Crippen LogP contribution in [-0.4, -0.2) is 34.3 Å². The minimum Gasteiger partial charge on any atom is -0.464 e. The third kappa shape index (κ3) is 2.67. The first kappa shape index (κ1) is 14.5. The van der Waals surface area contributed by atoms with Gasteiger partial charge < -0.3 is 10.1 Å². The highest BCUT2D eigenvalue weighted by molar-refractivity contribution is 7.20. The van der Waals surface area contributed by atoms with Crippen molar-refractivity contribution in [2.24, 2.45) is 7.05 Å². The third-order valence-corrected chi connectivity index (χ3v) is 4.11. The molecular weight excluding hydrogens is 278 g/mol. The SMILES string of the molecule is CCOC(=O)C(C)NC(=O)c1cc2c(C)nn(C)c2s1. The predicted molar refractivity (Wildman–Crippen MR) is 76.9 cm³/mol. The summed E-state index contributed by atoms with van der Waals surface area (Å²) in [6.07, 6.45) is 0. The maximum Gasteiger partial charge on any atom is 0.328 e. The van der Waals surface area contributed by atoms with E-state index in [1.165, 1.54) is 11.3 Å². The molecule has 0 saturated carbocycles. The van der Waals surface area contributed by atoms with Crippen LogP contribution in [0.4, 0.5) is 0 Å². The van der Waals surface area contributed by atoms with Gasteiger partial charge in [-0.05, 0) is 26.8 Å². The highest BCUT2D eigenvalue weighted by Crippen LogP contribution is 2.27. The number of hydrogen-bond acceptors (Lipinski definition) is 5. The van der Waals surface area contributed by atoms with Crippen molar-refractivity contribution in [1.82, 2.24) is 15.1 Å². The minimum atomic E-state index is -0.660. The van der Waals surface area contributed by atoms with E-state index < -0.39 is 12.0 Å². The number of hydrogen-bond donors (Lipinski definition) is 1. The monoisotopic (exact) mass is 295 g/mol. The fourth-order valence-corrected chi connectivity index (χ4v) is 2.94. The smallest absolute Gasteiger partial charge is 0.328 e. The molecule has 0 bridgehead atoms. The lowest BCUT2D eigenvalue weighted by Crippen LogP contribution is -2.39. The summed E-state index contributed by atoms with van der Waals surface area (Å²) in [5.74, 6) is -0.703. The summed E-state index contributed by atoms with van der Waals surface area (Å²) in [5, 5.41) is 7.89. The number of esters is 1. The Hall–Kier alpha value is -1.89. The summed E-state index contributed by atoms with van der Waals surface area (Å²) in [6.45, 7) is 5.54. The lowest BCUT2D eigenvalue weighted by Gasteiger charge is -2.11. The summed E-state index contributed by atoms with van der Waals surface area (Å²) in [5.41, 5.74) is 0.885. The van der Waals surface area contributed by atoms with E-state index in [0.717, 1.165) is 15.9 Å². The Morgan fingerprint density at radius 2 is 2.25 bits per heavy atom. The van der Waals surface area contributed by atoms with Gasteiger partial charge in [-0.25, -0.2) is 4.79 Å². The van der Waals surface area contributed by atoms with Gasteiger partial charge in [0, 0.05) is 12.4 Å². The van der Waals surface area contributed by atoms with Gasteiger partial charge in [0.1, 0.15) is 10.9 Å². The molecule has 0 aliphatic carbocycles. The van der Waals surface area contributed by atoms with Crippen molar-refractivity contribution in [3.63, 3.8) is 0 Å². The average molecular weight is 295 g/mol. The van der Waals surface area contributed by atoms with E-state index in [-0.39, 0.29) is 5.91 Å². The minimum absolute atomic E-state index is 0.272. The molecule has 0 spiro atoms. The van der Waals surface area contributed by atoms with E-state index in [2.05, 4.69) is 10.4 Å². The van der Waals surface area contributed by atoms with Crippen LogP contribution in [0.2, 0.25) is 0 Å². The van der Waals surface area contributed by atoms with Gasteiger partial charge in [-0.3, -0.25) is 9.48 Å². The van der Waals surface area contributed by atoms with Crippen LogP contribution in [0.5, 0.6) is 0 Å². The van der Waals surface area contributed by atoms with Crippen LogP contribution in [0, 0.1) is 6.92 Å². The standard InChI is InChI=1S/C13H17N3O3S/c1-5-19-13(18)8(3)14-11(17)10-6-9-7(2)15-16(4)12(9)20-10/h6,8H,5H2,1-4H3,(H,14,17). The Morgan fingerprint density at radius 3 is 2.85 bits per heavy atom. The summed E-state index contributed by atoms with van der Waals surface area (Å²) in [7, 11) is 1.84. The lowest BCUT2D eigenvalue weighted by molar-refractivity contribution is -0.144. The van der Waals surface area contributed by atoms with Crippen molar-refractivity contribution >= 4 is 33.4 Å². The number of carbonyl (C=O) groups excluding carboxylic acids is 2. The normalized spacial score (nSPS) is 12.4. The molecule has 7 heteroatoms. The zero-order valence-electron chi connectivity index (χ0n) is 11.9. The third-order valence-electron chi connectivity index (χ3n) is 2.91. The van der Waals surface area contributed by atoms with Crippen LogP contribution >= 0.6 is 11.3 Å². The van der Waals surface area contributed by atoms with E-state index >= 15 is 0 Å². The Morgan fingerprint density at radius 1 is 1.55 bits per heavy atom. The van der Waals surface area contributed by atoms with Crippen LogP contribution in [0.25, 0.3) is 10.2 Å². The van der Waals surface area contributed by atoms with Crippen molar-refractivity contribution in [2.45, 2.75) is 26.8 Å². The fraction of sp³-hybridized carbons (Fsp3) is 0.462. The highest BCUT2D eigenvalue weighted by atomic mass is 32.1. The zero-order valence-corrected chi connectivity index (χ0v) is 12.7. The molecule has 0 aliphatic heterocycles. The molecule has 0 fully saturated rings. The zero-order chi connectivity index (χ0) is 14.9. The largest absolute Gasteiger partial charge is 0.464 e. The molecule has 0 aromatic carbocycles. The van der Waals surface area contributed by atoms with Crippen molar-refractivity contribution in [3.8, 4) is 0 Å². The molecule has 2 rings (SSSR count). The number of ether oxygens (including phenoxy) is 1. The summed E-state index contributed by atoms with van der Waals surface area (Å²) in [4.78, 5) is 25.1. The number of nitrogens with zero attached hydrogens (tertiary/aromatic N) is 2. The van der Waals surface area contributed by atoms with Gasteiger partial charge in [0.05, 0.1) is 17.2 Å². The molecule has 0 aliphatic rings. The number of amides is 1. The number of nitrogens with one attached hydrogen (secondary N) is 1. The van der Waals surface area contributed by atoms with Crippen molar-refractivity contribution in [1.29, 1.82) is 0 Å². The Balaban J connectivity index is 2.15. The van der Waals surface area contributed by atoms with E-state index in [0.29, 0.717) is 11.5 Å². The van der Waals surface area contributed by atoms with Crippen LogP contribution in [-0.2, 0) is 16.6 Å². The number of rotatable bonds is 4. The maximum absolute atomic E-state index is 12.1. The topological polar surface area (TPSA) is 73.2 Å². The predicted octanol–water partition coefficient (Wildman–Crippen LogP) is 1.62. The quantitative estimate of drug-likeness (QED) is 0.870. The van der Waals surface area contributed by atoms with Gasteiger partial charge in [0.25, 0.3) is 5.91 Å². The molecule has 1 amide bonds. The van der Waals surface area contributed by atoms with Crippen molar-refractivity contribution in [3.05, 3.63) is 16.6 Å². The van der Waals surface area contributed by atoms with Gasteiger partial charge in [-0.15, -0.1) is 11.3 Å². The summed E-state index contributed by atoms with van der Waals surface area (Å²) < 4.78 is 6.61. The Bertz CT molecular complexity index is 625. The van der Waals surface area contributed by atoms with E-state index in [1.54, 1.807) is 24.6 Å². The fourth-order valence-electron chi connectivity index (χ4n) is 1.91. The second kappa shape index (κ2) is 5.62. The van der Waals surface area contributed by atoms with Crippen molar-refractivity contribution < 1.29 is 14.3 Å². The van der Waals surface area contributed by atoms with Gasteiger partial charge in [-0.2, -0.15) is 5.10 Å². The Labute approximate surface area is 120 Å². The Kier molecular flexibility index (Phi) is 4.08. The molecule has 1 unspecified atom stereocenters. The molecule has 1 atom stereocenters. The molecule has 2 aromatic heterocycles. The molecule has 20 heavy (non-hydrogen) atoms. The number of carbonyl (C=O) groups is 2. The van der Waals surface area contributed by atoms with Gasteiger partial charge in [-0.1, -0.05) is 0 Å². The number of thiophene rings is 1. The molecule has 0 radical (unpaired) electrons. The summed E-state index contributed by atoms with van der Waals surface area (Å²) >= 11 is 1.36. The first-order chi connectivity index (χ1) is 9.43. The average Bonchev–Trinajstić information content (AvgIpc) is 2.92. The lowest BCUT2D eigenvalue weighted by atomic mass is 10.3. The highest BCUT2D eigenvalue weighted by Gasteiger charge is 2.20. The number of aryl methyl sites for hydroxylation is 2. The van der Waals surface area contributed by atoms with Gasteiger partial charge in [0.2, 0.25) is 0 Å². The van der Waals surface area contributed by atoms with Crippen LogP contribution in [0.1, 0.15) is 29.2 Å².